The molecule has 0 spiro atoms. The molecule has 0 aliphatic carbocycles. The van der Waals surface area contributed by atoms with Crippen molar-refractivity contribution in [2.75, 3.05) is 0 Å². The Kier molecular flexibility index (Phi) is 2.37. The first-order valence-corrected chi connectivity index (χ1v) is 4.80. The van der Waals surface area contributed by atoms with Crippen LogP contribution in [0.1, 0.15) is 11.3 Å². The summed E-state index contributed by atoms with van der Waals surface area (Å²) in [6, 6.07) is 7.44. The van der Waals surface area contributed by atoms with Crippen LogP contribution in [-0.4, -0.2) is 9.55 Å². The van der Waals surface area contributed by atoms with E-state index in [1.807, 2.05) is 38.1 Å². The summed E-state index contributed by atoms with van der Waals surface area (Å²) >= 11 is 0. The second kappa shape index (κ2) is 3.69. The lowest BCUT2D eigenvalue weighted by Crippen LogP contribution is -2.22. The van der Waals surface area contributed by atoms with Gasteiger partial charge in [0.05, 0.1) is 5.69 Å². The van der Waals surface area contributed by atoms with Crippen molar-refractivity contribution in [2.45, 2.75) is 13.8 Å². The SMILES string of the molecule is Cc1ccc(C)n(-c2ccncc2)c1=O. The molecule has 0 saturated carbocycles. The normalized spacial score (nSPS) is 10.3. The molecule has 0 amide bonds. The fourth-order valence-electron chi connectivity index (χ4n) is 1.54. The molecule has 3 nitrogen and oxygen atoms in total. The van der Waals surface area contributed by atoms with Crippen LogP contribution in [0.25, 0.3) is 5.69 Å². The van der Waals surface area contributed by atoms with E-state index in [9.17, 15) is 4.79 Å². The van der Waals surface area contributed by atoms with Gasteiger partial charge in [0, 0.05) is 23.7 Å². The van der Waals surface area contributed by atoms with Crippen molar-refractivity contribution in [3.8, 4) is 5.69 Å². The fraction of sp³-hybridized carbons (Fsp3) is 0.167. The van der Waals surface area contributed by atoms with Crippen LogP contribution in [0.3, 0.4) is 0 Å². The number of nitrogens with zero attached hydrogens (tertiary/aromatic N) is 2. The van der Waals surface area contributed by atoms with Crippen molar-refractivity contribution in [3.05, 3.63) is 58.3 Å². The van der Waals surface area contributed by atoms with Gasteiger partial charge < -0.3 is 0 Å². The van der Waals surface area contributed by atoms with Crippen LogP contribution in [0.2, 0.25) is 0 Å². The molecule has 0 saturated heterocycles. The molecule has 0 fully saturated rings. The van der Waals surface area contributed by atoms with Crippen LogP contribution >= 0.6 is 0 Å². The van der Waals surface area contributed by atoms with Crippen molar-refractivity contribution in [2.24, 2.45) is 0 Å². The first kappa shape index (κ1) is 9.65. The highest BCUT2D eigenvalue weighted by Gasteiger charge is 2.04. The third-order valence-corrected chi connectivity index (χ3v) is 2.39. The van der Waals surface area contributed by atoms with Gasteiger partial charge in [0.15, 0.2) is 0 Å². The minimum absolute atomic E-state index is 0.0289. The fourth-order valence-corrected chi connectivity index (χ4v) is 1.54. The Morgan fingerprint density at radius 1 is 1.07 bits per heavy atom. The summed E-state index contributed by atoms with van der Waals surface area (Å²) in [5.41, 5.74) is 2.56. The van der Waals surface area contributed by atoms with Gasteiger partial charge in [0.2, 0.25) is 0 Å². The van der Waals surface area contributed by atoms with Gasteiger partial charge in [-0.15, -0.1) is 0 Å². The summed E-state index contributed by atoms with van der Waals surface area (Å²) in [4.78, 5) is 15.9. The van der Waals surface area contributed by atoms with Gasteiger partial charge in [0.25, 0.3) is 5.56 Å². The van der Waals surface area contributed by atoms with E-state index in [-0.39, 0.29) is 5.56 Å². The van der Waals surface area contributed by atoms with E-state index in [0.717, 1.165) is 16.9 Å². The second-order valence-corrected chi connectivity index (χ2v) is 3.50. The van der Waals surface area contributed by atoms with E-state index >= 15 is 0 Å². The van der Waals surface area contributed by atoms with Crippen molar-refractivity contribution < 1.29 is 0 Å². The highest BCUT2D eigenvalue weighted by atomic mass is 16.1. The van der Waals surface area contributed by atoms with Crippen LogP contribution in [-0.2, 0) is 0 Å². The summed E-state index contributed by atoms with van der Waals surface area (Å²) < 4.78 is 1.69. The van der Waals surface area contributed by atoms with Crippen LogP contribution in [0.4, 0.5) is 0 Å². The van der Waals surface area contributed by atoms with Crippen molar-refractivity contribution in [1.29, 1.82) is 0 Å². The predicted octanol–water partition coefficient (Wildman–Crippen LogP) is 1.85. The minimum Gasteiger partial charge on any atom is -0.281 e. The lowest BCUT2D eigenvalue weighted by atomic mass is 10.2. The average molecular weight is 200 g/mol. The Morgan fingerprint density at radius 2 is 1.73 bits per heavy atom. The van der Waals surface area contributed by atoms with Gasteiger partial charge in [-0.1, -0.05) is 6.07 Å². The Labute approximate surface area is 88.0 Å². The van der Waals surface area contributed by atoms with E-state index in [0.29, 0.717) is 0 Å². The zero-order valence-corrected chi connectivity index (χ0v) is 8.77. The number of hydrogen-bond donors (Lipinski definition) is 0. The highest BCUT2D eigenvalue weighted by Crippen LogP contribution is 2.07. The monoisotopic (exact) mass is 200 g/mol. The van der Waals surface area contributed by atoms with Crippen LogP contribution in [0.15, 0.2) is 41.5 Å². The van der Waals surface area contributed by atoms with E-state index in [1.54, 1.807) is 17.0 Å². The maximum Gasteiger partial charge on any atom is 0.258 e. The molecule has 2 heterocycles. The maximum absolute atomic E-state index is 11.9. The van der Waals surface area contributed by atoms with Gasteiger partial charge >= 0.3 is 0 Å². The molecule has 0 bridgehead atoms. The lowest BCUT2D eigenvalue weighted by molar-refractivity contribution is 0.916. The number of hydrogen-bond acceptors (Lipinski definition) is 2. The number of aryl methyl sites for hydroxylation is 2. The molecular weight excluding hydrogens is 188 g/mol. The lowest BCUT2D eigenvalue weighted by Gasteiger charge is -2.09. The highest BCUT2D eigenvalue weighted by molar-refractivity contribution is 5.33. The van der Waals surface area contributed by atoms with Crippen LogP contribution < -0.4 is 5.56 Å². The first-order valence-electron chi connectivity index (χ1n) is 4.80. The third-order valence-electron chi connectivity index (χ3n) is 2.39. The standard InChI is InChI=1S/C12H12N2O/c1-9-3-4-10(2)14(12(9)15)11-5-7-13-8-6-11/h3-8H,1-2H3. The number of rotatable bonds is 1. The van der Waals surface area contributed by atoms with Crippen molar-refractivity contribution >= 4 is 0 Å². The first-order chi connectivity index (χ1) is 7.20. The smallest absolute Gasteiger partial charge is 0.258 e. The molecule has 0 unspecified atom stereocenters. The molecule has 0 radical (unpaired) electrons. The Morgan fingerprint density at radius 3 is 2.40 bits per heavy atom. The molecular formula is C12H12N2O. The largest absolute Gasteiger partial charge is 0.281 e. The predicted molar refractivity (Wildman–Crippen MR) is 59.3 cm³/mol. The zero-order chi connectivity index (χ0) is 10.8. The van der Waals surface area contributed by atoms with E-state index in [4.69, 9.17) is 0 Å². The molecule has 0 aromatic carbocycles. The van der Waals surface area contributed by atoms with E-state index in [1.165, 1.54) is 0 Å². The van der Waals surface area contributed by atoms with Gasteiger partial charge in [-0.2, -0.15) is 0 Å². The molecule has 0 atom stereocenters. The van der Waals surface area contributed by atoms with Crippen molar-refractivity contribution in [1.82, 2.24) is 9.55 Å². The van der Waals surface area contributed by atoms with Gasteiger partial charge in [-0.25, -0.2) is 0 Å². The summed E-state index contributed by atoms with van der Waals surface area (Å²) in [6.07, 6.45) is 3.37. The quantitative estimate of drug-likeness (QED) is 0.704. The topological polar surface area (TPSA) is 34.9 Å². The molecule has 0 N–H and O–H groups in total. The molecule has 3 heteroatoms. The summed E-state index contributed by atoms with van der Waals surface area (Å²) in [5, 5.41) is 0. The molecule has 2 aromatic rings. The van der Waals surface area contributed by atoms with Gasteiger partial charge in [-0.3, -0.25) is 14.3 Å². The molecule has 76 valence electrons. The van der Waals surface area contributed by atoms with Gasteiger partial charge in [-0.05, 0) is 32.0 Å². The Bertz CT molecular complexity index is 529. The minimum atomic E-state index is 0.0289. The zero-order valence-electron chi connectivity index (χ0n) is 8.77. The Balaban J connectivity index is 2.73. The molecule has 0 aliphatic heterocycles. The average Bonchev–Trinajstić information content (AvgIpc) is 2.26. The van der Waals surface area contributed by atoms with E-state index in [2.05, 4.69) is 4.98 Å². The van der Waals surface area contributed by atoms with Gasteiger partial charge in [0.1, 0.15) is 0 Å². The molecule has 15 heavy (non-hydrogen) atoms. The molecule has 0 aliphatic rings. The maximum atomic E-state index is 11.9. The van der Waals surface area contributed by atoms with Crippen LogP contribution in [0.5, 0.6) is 0 Å². The number of pyridine rings is 2. The van der Waals surface area contributed by atoms with E-state index < -0.39 is 0 Å². The Hall–Kier alpha value is -1.90. The molecule has 2 rings (SSSR count). The number of aromatic nitrogens is 2. The van der Waals surface area contributed by atoms with Crippen molar-refractivity contribution in [3.63, 3.8) is 0 Å². The summed E-state index contributed by atoms with van der Waals surface area (Å²) in [7, 11) is 0. The third kappa shape index (κ3) is 1.68. The molecule has 2 aromatic heterocycles. The summed E-state index contributed by atoms with van der Waals surface area (Å²) in [5.74, 6) is 0. The summed E-state index contributed by atoms with van der Waals surface area (Å²) in [6.45, 7) is 3.74. The second-order valence-electron chi connectivity index (χ2n) is 3.50. The van der Waals surface area contributed by atoms with Crippen LogP contribution in [0, 0.1) is 13.8 Å².